The monoisotopic (exact) mass is 263 g/mol. The molecule has 0 aliphatic carbocycles. The van der Waals surface area contributed by atoms with E-state index in [-0.39, 0.29) is 5.97 Å². The summed E-state index contributed by atoms with van der Waals surface area (Å²) in [6.07, 6.45) is 4.55. The van der Waals surface area contributed by atoms with Crippen LogP contribution in [0.4, 0.5) is 0 Å². The third-order valence-corrected chi connectivity index (χ3v) is 2.75. The predicted molar refractivity (Wildman–Crippen MR) is 67.1 cm³/mol. The van der Waals surface area contributed by atoms with Crippen LogP contribution in [0.3, 0.4) is 0 Å². The Balaban J connectivity index is 3.31. The van der Waals surface area contributed by atoms with E-state index in [4.69, 9.17) is 4.74 Å². The summed E-state index contributed by atoms with van der Waals surface area (Å²) in [5.74, 6) is -0.358. The van der Waals surface area contributed by atoms with Crippen LogP contribution in [0.2, 0.25) is 0 Å². The average Bonchev–Trinajstić information content (AvgIpc) is 2.19. The quantitative estimate of drug-likeness (QED) is 0.385. The van der Waals surface area contributed by atoms with Gasteiger partial charge in [-0.25, -0.2) is 17.9 Å². The predicted octanol–water partition coefficient (Wildman–Crippen LogP) is 1.22. The lowest BCUT2D eigenvalue weighted by molar-refractivity contribution is -0.139. The molecule has 0 spiro atoms. The first-order chi connectivity index (χ1) is 7.83. The van der Waals surface area contributed by atoms with Crippen LogP contribution in [-0.2, 0) is 19.6 Å². The highest BCUT2D eigenvalue weighted by Crippen LogP contribution is 2.01. The maximum absolute atomic E-state index is 11.0. The van der Waals surface area contributed by atoms with Crippen LogP contribution in [0.25, 0.3) is 0 Å². The zero-order chi connectivity index (χ0) is 13.3. The Hall–Kier alpha value is -0.880. The van der Waals surface area contributed by atoms with Crippen molar-refractivity contribution < 1.29 is 17.9 Å². The Morgan fingerprint density at radius 2 is 1.82 bits per heavy atom. The molecule has 100 valence electrons. The van der Waals surface area contributed by atoms with E-state index in [1.807, 2.05) is 0 Å². The number of sulfonamides is 1. The van der Waals surface area contributed by atoms with E-state index in [1.165, 1.54) is 0 Å². The summed E-state index contributed by atoms with van der Waals surface area (Å²) in [6.45, 7) is 5.94. The minimum atomic E-state index is -3.07. The third-order valence-electron chi connectivity index (χ3n) is 2.02. The summed E-state index contributed by atoms with van der Waals surface area (Å²) < 4.78 is 28.8. The summed E-state index contributed by atoms with van der Waals surface area (Å²) >= 11 is 0. The van der Waals surface area contributed by atoms with Crippen LogP contribution in [0.15, 0.2) is 12.2 Å². The molecule has 5 nitrogen and oxygen atoms in total. The normalized spacial score (nSPS) is 11.2. The van der Waals surface area contributed by atoms with Gasteiger partial charge in [0.2, 0.25) is 10.0 Å². The molecule has 17 heavy (non-hydrogen) atoms. The van der Waals surface area contributed by atoms with Crippen LogP contribution >= 0.6 is 0 Å². The van der Waals surface area contributed by atoms with Gasteiger partial charge in [0, 0.05) is 12.1 Å². The number of unbranched alkanes of at least 4 members (excludes halogenated alkanes) is 3. The number of ether oxygens (including phenoxy) is 1. The molecule has 0 heterocycles. The van der Waals surface area contributed by atoms with Crippen molar-refractivity contribution in [2.75, 3.05) is 19.4 Å². The number of carbonyl (C=O) groups is 1. The maximum atomic E-state index is 11.0. The molecule has 0 aromatic heterocycles. The minimum Gasteiger partial charge on any atom is -0.462 e. The first-order valence-corrected chi connectivity index (χ1v) is 7.49. The van der Waals surface area contributed by atoms with E-state index in [2.05, 4.69) is 11.3 Å². The van der Waals surface area contributed by atoms with Crippen molar-refractivity contribution in [3.8, 4) is 0 Å². The smallest absolute Gasteiger partial charge is 0.333 e. The summed E-state index contributed by atoms with van der Waals surface area (Å²) in [4.78, 5) is 11.0. The zero-order valence-corrected chi connectivity index (χ0v) is 11.3. The molecule has 0 aliphatic heterocycles. The number of rotatable bonds is 9. The third kappa shape index (κ3) is 11.4. The number of hydrogen-bond acceptors (Lipinski definition) is 4. The molecule has 0 radical (unpaired) electrons. The number of hydrogen-bond donors (Lipinski definition) is 1. The average molecular weight is 263 g/mol. The highest BCUT2D eigenvalue weighted by molar-refractivity contribution is 7.88. The fourth-order valence-electron chi connectivity index (χ4n) is 1.13. The Kier molecular flexibility index (Phi) is 7.82. The summed E-state index contributed by atoms with van der Waals surface area (Å²) in [6, 6.07) is 0. The Labute approximate surface area is 103 Å². The number of nitrogens with one attached hydrogen (secondary N) is 1. The lowest BCUT2D eigenvalue weighted by atomic mass is 10.2. The van der Waals surface area contributed by atoms with Crippen molar-refractivity contribution in [2.45, 2.75) is 32.6 Å². The van der Waals surface area contributed by atoms with Crippen LogP contribution in [0.5, 0.6) is 0 Å². The lowest BCUT2D eigenvalue weighted by Crippen LogP contribution is -2.22. The van der Waals surface area contributed by atoms with E-state index in [0.717, 1.165) is 31.9 Å². The first-order valence-electron chi connectivity index (χ1n) is 5.60. The van der Waals surface area contributed by atoms with Gasteiger partial charge < -0.3 is 4.74 Å². The summed E-state index contributed by atoms with van der Waals surface area (Å²) in [5.41, 5.74) is 0.405. The van der Waals surface area contributed by atoms with Gasteiger partial charge in [0.1, 0.15) is 0 Å². The maximum Gasteiger partial charge on any atom is 0.333 e. The second-order valence-corrected chi connectivity index (χ2v) is 5.83. The number of carbonyl (C=O) groups excluding carboxylic acids is 1. The SMILES string of the molecule is C=C(C)C(=O)OCCCCCCNS(C)(=O)=O. The van der Waals surface area contributed by atoms with Gasteiger partial charge in [0.05, 0.1) is 12.9 Å². The molecule has 0 saturated heterocycles. The van der Waals surface area contributed by atoms with Crippen molar-refractivity contribution in [3.63, 3.8) is 0 Å². The molecule has 0 unspecified atom stereocenters. The van der Waals surface area contributed by atoms with E-state index in [9.17, 15) is 13.2 Å². The molecule has 1 N–H and O–H groups in total. The molecular weight excluding hydrogens is 242 g/mol. The fourth-order valence-corrected chi connectivity index (χ4v) is 1.64. The van der Waals surface area contributed by atoms with Crippen LogP contribution in [0.1, 0.15) is 32.6 Å². The zero-order valence-electron chi connectivity index (χ0n) is 10.5. The molecule has 0 aromatic rings. The van der Waals surface area contributed by atoms with Crippen LogP contribution < -0.4 is 4.72 Å². The number of esters is 1. The highest BCUT2D eigenvalue weighted by Gasteiger charge is 2.02. The molecule has 0 atom stereocenters. The van der Waals surface area contributed by atoms with Gasteiger partial charge in [0.25, 0.3) is 0 Å². The molecule has 0 aliphatic rings. The molecule has 0 aromatic carbocycles. The van der Waals surface area contributed by atoms with Crippen LogP contribution in [0, 0.1) is 0 Å². The Bertz CT molecular complexity index is 348. The van der Waals surface area contributed by atoms with E-state index in [1.54, 1.807) is 6.92 Å². The highest BCUT2D eigenvalue weighted by atomic mass is 32.2. The summed E-state index contributed by atoms with van der Waals surface area (Å²) in [7, 11) is -3.07. The fraction of sp³-hybridized carbons (Fsp3) is 0.727. The van der Waals surface area contributed by atoms with Gasteiger partial charge >= 0.3 is 5.97 Å². The van der Waals surface area contributed by atoms with Crippen molar-refractivity contribution in [3.05, 3.63) is 12.2 Å². The van der Waals surface area contributed by atoms with Crippen molar-refractivity contribution in [2.24, 2.45) is 0 Å². The molecule has 0 rings (SSSR count). The first kappa shape index (κ1) is 16.1. The second kappa shape index (κ2) is 8.25. The van der Waals surface area contributed by atoms with Gasteiger partial charge in [-0.05, 0) is 19.8 Å². The van der Waals surface area contributed by atoms with Gasteiger partial charge in [-0.1, -0.05) is 19.4 Å². The summed E-state index contributed by atoms with van der Waals surface area (Å²) in [5, 5.41) is 0. The van der Waals surface area contributed by atoms with Crippen molar-refractivity contribution in [1.29, 1.82) is 0 Å². The molecular formula is C11H21NO4S. The van der Waals surface area contributed by atoms with E-state index >= 15 is 0 Å². The van der Waals surface area contributed by atoms with Crippen LogP contribution in [-0.4, -0.2) is 33.8 Å². The van der Waals surface area contributed by atoms with Gasteiger partial charge in [-0.2, -0.15) is 0 Å². The van der Waals surface area contributed by atoms with Crippen molar-refractivity contribution >= 4 is 16.0 Å². The molecule has 0 amide bonds. The van der Waals surface area contributed by atoms with Gasteiger partial charge in [-0.3, -0.25) is 0 Å². The van der Waals surface area contributed by atoms with Gasteiger partial charge in [-0.15, -0.1) is 0 Å². The second-order valence-electron chi connectivity index (χ2n) is 4.00. The topological polar surface area (TPSA) is 72.5 Å². The lowest BCUT2D eigenvalue weighted by Gasteiger charge is -2.04. The largest absolute Gasteiger partial charge is 0.462 e. The molecule has 6 heteroatoms. The van der Waals surface area contributed by atoms with Gasteiger partial charge in [0.15, 0.2) is 0 Å². The van der Waals surface area contributed by atoms with E-state index in [0.29, 0.717) is 18.7 Å². The standard InChI is InChI=1S/C11H21NO4S/c1-10(2)11(13)16-9-7-5-4-6-8-12-17(3,14)15/h12H,1,4-9H2,2-3H3. The molecule has 0 saturated carbocycles. The molecule has 0 fully saturated rings. The Morgan fingerprint density at radius 1 is 1.24 bits per heavy atom. The van der Waals surface area contributed by atoms with Crippen molar-refractivity contribution in [1.82, 2.24) is 4.72 Å². The minimum absolute atomic E-state index is 0.358. The molecule has 0 bridgehead atoms. The Morgan fingerprint density at radius 3 is 2.35 bits per heavy atom. The van der Waals surface area contributed by atoms with E-state index < -0.39 is 10.0 Å².